The third kappa shape index (κ3) is 3.14. The summed E-state index contributed by atoms with van der Waals surface area (Å²) < 4.78 is 21.2. The van der Waals surface area contributed by atoms with Gasteiger partial charge in [0.1, 0.15) is 18.8 Å². The van der Waals surface area contributed by atoms with Crippen molar-refractivity contribution in [3.8, 4) is 12.0 Å². The Hall–Kier alpha value is -2.69. The molecule has 4 rings (SSSR count). The summed E-state index contributed by atoms with van der Waals surface area (Å²) in [4.78, 5) is 12.6. The highest BCUT2D eigenvalue weighted by Gasteiger charge is 2.14. The monoisotopic (exact) mass is 357 g/mol. The first-order valence-corrected chi connectivity index (χ1v) is 8.12. The Bertz CT molecular complexity index is 988. The van der Waals surface area contributed by atoms with Crippen molar-refractivity contribution < 1.29 is 9.13 Å². The van der Waals surface area contributed by atoms with Crippen LogP contribution >= 0.6 is 11.6 Å². The first-order chi connectivity index (χ1) is 12.2. The van der Waals surface area contributed by atoms with Gasteiger partial charge in [-0.1, -0.05) is 17.7 Å². The summed E-state index contributed by atoms with van der Waals surface area (Å²) in [6.45, 7) is 0.742. The van der Waals surface area contributed by atoms with Gasteiger partial charge in [0.25, 0.3) is 0 Å². The number of hydrogen-bond donors (Lipinski definition) is 1. The lowest BCUT2D eigenvalue weighted by Crippen LogP contribution is -2.01. The van der Waals surface area contributed by atoms with Crippen molar-refractivity contribution in [3.63, 3.8) is 0 Å². The highest BCUT2D eigenvalue weighted by Crippen LogP contribution is 2.27. The SMILES string of the molecule is Fc1c(Cl)cccc1Nc1ncnc2c1ncn2C#CC1CCCO1. The van der Waals surface area contributed by atoms with Gasteiger partial charge in [-0.25, -0.2) is 23.9 Å². The van der Waals surface area contributed by atoms with Crippen LogP contribution in [0.4, 0.5) is 15.9 Å². The second-order valence-corrected chi connectivity index (χ2v) is 5.90. The van der Waals surface area contributed by atoms with Gasteiger partial charge in [-0.15, -0.1) is 0 Å². The average Bonchev–Trinajstić information content (AvgIpc) is 3.27. The van der Waals surface area contributed by atoms with Crippen molar-refractivity contribution in [2.75, 3.05) is 11.9 Å². The van der Waals surface area contributed by atoms with Crippen LogP contribution < -0.4 is 5.32 Å². The maximum atomic E-state index is 14.1. The van der Waals surface area contributed by atoms with Crippen LogP contribution in [0.2, 0.25) is 5.02 Å². The molecule has 1 aliphatic heterocycles. The number of ether oxygens (including phenoxy) is 1. The molecule has 6 nitrogen and oxygen atoms in total. The highest BCUT2D eigenvalue weighted by molar-refractivity contribution is 6.31. The van der Waals surface area contributed by atoms with E-state index >= 15 is 0 Å². The van der Waals surface area contributed by atoms with Crippen LogP contribution in [0.5, 0.6) is 0 Å². The maximum absolute atomic E-state index is 14.1. The molecule has 0 radical (unpaired) electrons. The third-order valence-corrected chi connectivity index (χ3v) is 4.11. The summed E-state index contributed by atoms with van der Waals surface area (Å²) in [6, 6.07) is 7.69. The third-order valence-electron chi connectivity index (χ3n) is 3.81. The molecule has 25 heavy (non-hydrogen) atoms. The zero-order chi connectivity index (χ0) is 17.2. The predicted molar refractivity (Wildman–Crippen MR) is 92.2 cm³/mol. The molecule has 0 spiro atoms. The molecule has 1 aliphatic rings. The molecule has 0 amide bonds. The largest absolute Gasteiger partial charge is 0.365 e. The number of imidazole rings is 1. The fourth-order valence-corrected chi connectivity index (χ4v) is 2.74. The van der Waals surface area contributed by atoms with Crippen LogP contribution in [-0.4, -0.2) is 32.2 Å². The first kappa shape index (κ1) is 15.8. The standard InChI is InChI=1S/C17H13ClFN5O/c18-12-4-1-5-13(14(12)19)23-16-15-17(21-9-20-16)24(10-22-15)7-6-11-3-2-8-25-11/h1,4-5,9-11H,2-3,8H2,(H,20,21,23). The molecule has 3 aromatic rings. The lowest BCUT2D eigenvalue weighted by molar-refractivity contribution is 0.152. The van der Waals surface area contributed by atoms with Crippen molar-refractivity contribution >= 4 is 34.3 Å². The minimum atomic E-state index is -0.548. The average molecular weight is 358 g/mol. The predicted octanol–water partition coefficient (Wildman–Crippen LogP) is 3.35. The number of halogens is 2. The highest BCUT2D eigenvalue weighted by atomic mass is 35.5. The summed E-state index contributed by atoms with van der Waals surface area (Å²) in [5.74, 6) is 2.89. The Balaban J connectivity index is 1.68. The van der Waals surface area contributed by atoms with E-state index in [2.05, 4.69) is 32.2 Å². The molecule has 126 valence electrons. The van der Waals surface area contributed by atoms with E-state index in [0.717, 1.165) is 19.4 Å². The van der Waals surface area contributed by atoms with Crippen molar-refractivity contribution in [1.29, 1.82) is 0 Å². The van der Waals surface area contributed by atoms with Crippen LogP contribution in [0, 0.1) is 17.8 Å². The summed E-state index contributed by atoms with van der Waals surface area (Å²) >= 11 is 5.81. The van der Waals surface area contributed by atoms with E-state index in [0.29, 0.717) is 17.0 Å². The van der Waals surface area contributed by atoms with E-state index in [4.69, 9.17) is 16.3 Å². The van der Waals surface area contributed by atoms with E-state index in [-0.39, 0.29) is 16.8 Å². The van der Waals surface area contributed by atoms with E-state index in [1.165, 1.54) is 12.4 Å². The van der Waals surface area contributed by atoms with Crippen LogP contribution in [0.25, 0.3) is 11.2 Å². The number of nitrogens with zero attached hydrogens (tertiary/aromatic N) is 4. The van der Waals surface area contributed by atoms with Crippen molar-refractivity contribution in [3.05, 3.63) is 41.7 Å². The zero-order valence-electron chi connectivity index (χ0n) is 13.0. The summed E-state index contributed by atoms with van der Waals surface area (Å²) in [7, 11) is 0. The van der Waals surface area contributed by atoms with Gasteiger partial charge >= 0.3 is 0 Å². The molecular weight excluding hydrogens is 345 g/mol. The molecule has 1 atom stereocenters. The van der Waals surface area contributed by atoms with Gasteiger partial charge in [0, 0.05) is 12.7 Å². The number of anilines is 2. The summed E-state index contributed by atoms with van der Waals surface area (Å²) in [5, 5.41) is 2.94. The van der Waals surface area contributed by atoms with Crippen molar-refractivity contribution in [1.82, 2.24) is 19.5 Å². The molecule has 0 bridgehead atoms. The van der Waals surface area contributed by atoms with Crippen molar-refractivity contribution in [2.24, 2.45) is 0 Å². The molecule has 2 aromatic heterocycles. The fourth-order valence-electron chi connectivity index (χ4n) is 2.57. The Morgan fingerprint density at radius 2 is 2.24 bits per heavy atom. The second-order valence-electron chi connectivity index (χ2n) is 5.49. The van der Waals surface area contributed by atoms with Gasteiger partial charge in [0.2, 0.25) is 0 Å². The first-order valence-electron chi connectivity index (χ1n) is 7.74. The van der Waals surface area contributed by atoms with E-state index in [1.807, 2.05) is 0 Å². The number of benzene rings is 1. The summed E-state index contributed by atoms with van der Waals surface area (Å²) in [6.07, 6.45) is 4.82. The normalized spacial score (nSPS) is 16.6. The van der Waals surface area contributed by atoms with Gasteiger partial charge in [-0.05, 0) is 30.9 Å². The maximum Gasteiger partial charge on any atom is 0.177 e. The molecule has 0 aliphatic carbocycles. The van der Waals surface area contributed by atoms with Crippen LogP contribution in [-0.2, 0) is 4.74 Å². The van der Waals surface area contributed by atoms with E-state index in [9.17, 15) is 4.39 Å². The number of fused-ring (bicyclic) bond motifs is 1. The van der Waals surface area contributed by atoms with Crippen LogP contribution in [0.1, 0.15) is 12.8 Å². The summed E-state index contributed by atoms with van der Waals surface area (Å²) in [5.41, 5.74) is 1.24. The number of aromatic nitrogens is 4. The molecule has 1 fully saturated rings. The Labute approximate surface area is 148 Å². The second kappa shape index (κ2) is 6.67. The molecule has 1 saturated heterocycles. The zero-order valence-corrected chi connectivity index (χ0v) is 13.8. The fraction of sp³-hybridized carbons (Fsp3) is 0.235. The van der Waals surface area contributed by atoms with Crippen molar-refractivity contribution in [2.45, 2.75) is 18.9 Å². The minimum Gasteiger partial charge on any atom is -0.365 e. The van der Waals surface area contributed by atoms with Crippen LogP contribution in [0.3, 0.4) is 0 Å². The van der Waals surface area contributed by atoms with Gasteiger partial charge in [0.15, 0.2) is 22.8 Å². The Morgan fingerprint density at radius 1 is 1.32 bits per heavy atom. The lowest BCUT2D eigenvalue weighted by atomic mass is 10.2. The van der Waals surface area contributed by atoms with Gasteiger partial charge in [-0.2, -0.15) is 0 Å². The smallest absolute Gasteiger partial charge is 0.177 e. The minimum absolute atomic E-state index is 0.0308. The topological polar surface area (TPSA) is 64.9 Å². The van der Waals surface area contributed by atoms with E-state index in [1.54, 1.807) is 23.0 Å². The molecule has 3 heterocycles. The molecule has 1 N–H and O–H groups in total. The van der Waals surface area contributed by atoms with Gasteiger partial charge < -0.3 is 10.1 Å². The van der Waals surface area contributed by atoms with E-state index < -0.39 is 5.82 Å². The quantitative estimate of drug-likeness (QED) is 0.712. The molecule has 8 heteroatoms. The molecule has 0 saturated carbocycles. The lowest BCUT2D eigenvalue weighted by Gasteiger charge is -2.07. The Kier molecular flexibility index (Phi) is 4.22. The number of hydrogen-bond acceptors (Lipinski definition) is 5. The Morgan fingerprint density at radius 3 is 3.08 bits per heavy atom. The molecule has 1 unspecified atom stereocenters. The molecular formula is C17H13ClFN5O. The number of nitrogens with one attached hydrogen (secondary N) is 1. The number of rotatable bonds is 2. The van der Waals surface area contributed by atoms with Gasteiger partial charge in [-0.3, -0.25) is 0 Å². The van der Waals surface area contributed by atoms with Crippen LogP contribution in [0.15, 0.2) is 30.9 Å². The van der Waals surface area contributed by atoms with Gasteiger partial charge in [0.05, 0.1) is 10.7 Å². The molecule has 1 aromatic carbocycles.